The lowest BCUT2D eigenvalue weighted by Gasteiger charge is -1.97. The number of aromatic nitrogens is 3. The molecule has 0 bridgehead atoms. The van der Waals surface area contributed by atoms with Crippen LogP contribution in [-0.2, 0) is 6.54 Å². The van der Waals surface area contributed by atoms with E-state index in [0.29, 0.717) is 23.5 Å². The highest BCUT2D eigenvalue weighted by Gasteiger charge is 2.04. The summed E-state index contributed by atoms with van der Waals surface area (Å²) in [5, 5.41) is 6.80. The van der Waals surface area contributed by atoms with Crippen LogP contribution in [0.15, 0.2) is 35.1 Å². The van der Waals surface area contributed by atoms with E-state index in [2.05, 4.69) is 20.4 Å². The molecule has 2 heterocycles. The molecule has 6 heteroatoms. The summed E-state index contributed by atoms with van der Waals surface area (Å²) in [5.74, 6) is 0.290. The van der Waals surface area contributed by atoms with Crippen LogP contribution in [-0.4, -0.2) is 15.1 Å². The molecular weight excluding hydrogens is 223 g/mol. The van der Waals surface area contributed by atoms with Crippen molar-refractivity contribution in [3.8, 4) is 0 Å². The molecule has 0 aliphatic carbocycles. The largest absolute Gasteiger partial charge is 0.364 e. The molecule has 0 atom stereocenters. The summed E-state index contributed by atoms with van der Waals surface area (Å²) < 4.78 is 17.7. The molecule has 0 aliphatic heterocycles. The van der Waals surface area contributed by atoms with Gasteiger partial charge in [-0.15, -0.1) is 0 Å². The van der Waals surface area contributed by atoms with E-state index in [1.54, 1.807) is 12.1 Å². The molecule has 1 aromatic carbocycles. The maximum absolute atomic E-state index is 13.0. The number of nitrogens with one attached hydrogen (secondary N) is 2. The number of benzene rings is 1. The van der Waals surface area contributed by atoms with Gasteiger partial charge in [0.25, 0.3) is 0 Å². The van der Waals surface area contributed by atoms with Crippen molar-refractivity contribution in [3.05, 3.63) is 42.0 Å². The van der Waals surface area contributed by atoms with E-state index in [4.69, 9.17) is 4.52 Å². The van der Waals surface area contributed by atoms with E-state index >= 15 is 0 Å². The van der Waals surface area contributed by atoms with E-state index in [1.807, 2.05) is 0 Å². The Hall–Kier alpha value is -2.37. The quantitative estimate of drug-likeness (QED) is 0.727. The Kier molecular flexibility index (Phi) is 2.25. The van der Waals surface area contributed by atoms with Crippen LogP contribution in [0.25, 0.3) is 11.0 Å². The Bertz CT molecular complexity index is 632. The second kappa shape index (κ2) is 3.89. The Morgan fingerprint density at radius 2 is 2.29 bits per heavy atom. The molecule has 0 saturated carbocycles. The first kappa shape index (κ1) is 9.83. The highest BCUT2D eigenvalue weighted by Crippen LogP contribution is 2.15. The van der Waals surface area contributed by atoms with Gasteiger partial charge in [0, 0.05) is 6.07 Å². The molecule has 0 radical (unpaired) electrons. The summed E-state index contributed by atoms with van der Waals surface area (Å²) in [4.78, 5) is 7.24. The number of anilines is 1. The van der Waals surface area contributed by atoms with Gasteiger partial charge < -0.3 is 14.8 Å². The summed E-state index contributed by atoms with van der Waals surface area (Å²) in [6, 6.07) is 6.17. The predicted octanol–water partition coefficient (Wildman–Crippen LogP) is 2.30. The molecule has 3 aromatic rings. The number of halogens is 1. The smallest absolute Gasteiger partial charge is 0.201 e. The van der Waals surface area contributed by atoms with Crippen LogP contribution in [0.2, 0.25) is 0 Å². The van der Waals surface area contributed by atoms with Crippen molar-refractivity contribution in [3.63, 3.8) is 0 Å². The molecule has 0 unspecified atom stereocenters. The van der Waals surface area contributed by atoms with E-state index in [9.17, 15) is 4.39 Å². The second-order valence-corrected chi connectivity index (χ2v) is 3.59. The number of imidazole rings is 1. The van der Waals surface area contributed by atoms with E-state index < -0.39 is 0 Å². The summed E-state index contributed by atoms with van der Waals surface area (Å²) in [7, 11) is 0. The molecule has 0 spiro atoms. The first-order valence-corrected chi connectivity index (χ1v) is 5.10. The maximum atomic E-state index is 13.0. The van der Waals surface area contributed by atoms with Crippen LogP contribution in [0.5, 0.6) is 0 Å². The van der Waals surface area contributed by atoms with Crippen LogP contribution in [0.4, 0.5) is 10.3 Å². The van der Waals surface area contributed by atoms with Crippen LogP contribution >= 0.6 is 0 Å². The summed E-state index contributed by atoms with van der Waals surface area (Å²) >= 11 is 0. The second-order valence-electron chi connectivity index (χ2n) is 3.59. The average molecular weight is 232 g/mol. The monoisotopic (exact) mass is 232 g/mol. The number of H-pyrrole nitrogens is 1. The van der Waals surface area contributed by atoms with Crippen molar-refractivity contribution in [1.29, 1.82) is 0 Å². The molecule has 2 aromatic heterocycles. The lowest BCUT2D eigenvalue weighted by molar-refractivity contribution is 0.412. The fraction of sp³-hybridized carbons (Fsp3) is 0.0909. The Labute approximate surface area is 95.6 Å². The van der Waals surface area contributed by atoms with Crippen molar-refractivity contribution >= 4 is 17.0 Å². The fourth-order valence-corrected chi connectivity index (χ4v) is 1.57. The minimum atomic E-state index is -0.288. The fourth-order valence-electron chi connectivity index (χ4n) is 1.57. The first-order valence-electron chi connectivity index (χ1n) is 5.10. The number of hydrogen-bond acceptors (Lipinski definition) is 4. The van der Waals surface area contributed by atoms with Gasteiger partial charge in [-0.3, -0.25) is 0 Å². The molecular formula is C11H9FN4O. The van der Waals surface area contributed by atoms with Gasteiger partial charge in [0.05, 0.1) is 17.6 Å². The van der Waals surface area contributed by atoms with Crippen molar-refractivity contribution in [1.82, 2.24) is 15.1 Å². The van der Waals surface area contributed by atoms with Crippen molar-refractivity contribution in [2.75, 3.05) is 5.32 Å². The Morgan fingerprint density at radius 3 is 3.12 bits per heavy atom. The van der Waals surface area contributed by atoms with Gasteiger partial charge >= 0.3 is 0 Å². The molecule has 0 aliphatic rings. The van der Waals surface area contributed by atoms with Gasteiger partial charge in [-0.1, -0.05) is 5.16 Å². The lowest BCUT2D eigenvalue weighted by atomic mass is 10.3. The molecule has 2 N–H and O–H groups in total. The van der Waals surface area contributed by atoms with Gasteiger partial charge in [0.1, 0.15) is 17.8 Å². The van der Waals surface area contributed by atoms with Crippen LogP contribution in [0, 0.1) is 5.82 Å². The normalized spacial score (nSPS) is 10.9. The van der Waals surface area contributed by atoms with Crippen molar-refractivity contribution < 1.29 is 8.91 Å². The third-order valence-corrected chi connectivity index (χ3v) is 2.37. The number of nitrogens with zero attached hydrogens (tertiary/aromatic N) is 2. The van der Waals surface area contributed by atoms with E-state index in [1.165, 1.54) is 18.4 Å². The summed E-state index contributed by atoms with van der Waals surface area (Å²) in [5.41, 5.74) is 2.15. The SMILES string of the molecule is Fc1ccc2nc(NCc3ccon3)[nH]c2c1. The van der Waals surface area contributed by atoms with Gasteiger partial charge in [0.2, 0.25) is 5.95 Å². The molecule has 17 heavy (non-hydrogen) atoms. The van der Waals surface area contributed by atoms with Crippen LogP contribution in [0.1, 0.15) is 5.69 Å². The minimum Gasteiger partial charge on any atom is -0.364 e. The highest BCUT2D eigenvalue weighted by molar-refractivity contribution is 5.77. The lowest BCUT2D eigenvalue weighted by Crippen LogP contribution is -2.00. The summed E-state index contributed by atoms with van der Waals surface area (Å²) in [6.07, 6.45) is 1.50. The van der Waals surface area contributed by atoms with Crippen molar-refractivity contribution in [2.24, 2.45) is 0 Å². The number of rotatable bonds is 3. The molecule has 0 amide bonds. The topological polar surface area (TPSA) is 66.7 Å². The Balaban J connectivity index is 1.81. The molecule has 0 fully saturated rings. The van der Waals surface area contributed by atoms with Crippen LogP contribution in [0.3, 0.4) is 0 Å². The minimum absolute atomic E-state index is 0.288. The van der Waals surface area contributed by atoms with E-state index in [-0.39, 0.29) is 5.82 Å². The highest BCUT2D eigenvalue weighted by atomic mass is 19.1. The molecule has 0 saturated heterocycles. The maximum Gasteiger partial charge on any atom is 0.201 e. The first-order chi connectivity index (χ1) is 8.31. The number of fused-ring (bicyclic) bond motifs is 1. The van der Waals surface area contributed by atoms with Gasteiger partial charge in [-0.25, -0.2) is 9.37 Å². The van der Waals surface area contributed by atoms with Crippen molar-refractivity contribution in [2.45, 2.75) is 6.54 Å². The third-order valence-electron chi connectivity index (χ3n) is 2.37. The zero-order valence-corrected chi connectivity index (χ0v) is 8.77. The molecule has 86 valence electrons. The number of hydrogen-bond donors (Lipinski definition) is 2. The standard InChI is InChI=1S/C11H9FN4O/c12-7-1-2-9-10(5-7)15-11(14-9)13-6-8-3-4-17-16-8/h1-5H,6H2,(H2,13,14,15). The van der Waals surface area contributed by atoms with Gasteiger partial charge in [-0.05, 0) is 18.2 Å². The number of aromatic amines is 1. The third kappa shape index (κ3) is 1.96. The summed E-state index contributed by atoms with van der Waals surface area (Å²) in [6.45, 7) is 0.499. The van der Waals surface area contributed by atoms with E-state index in [0.717, 1.165) is 5.69 Å². The zero-order chi connectivity index (χ0) is 11.7. The van der Waals surface area contributed by atoms with Crippen LogP contribution < -0.4 is 5.32 Å². The van der Waals surface area contributed by atoms with Gasteiger partial charge in [-0.2, -0.15) is 0 Å². The Morgan fingerprint density at radius 1 is 1.35 bits per heavy atom. The molecule has 5 nitrogen and oxygen atoms in total. The van der Waals surface area contributed by atoms with Gasteiger partial charge in [0.15, 0.2) is 0 Å². The zero-order valence-electron chi connectivity index (χ0n) is 8.77. The molecule has 3 rings (SSSR count). The average Bonchev–Trinajstić information content (AvgIpc) is 2.94. The predicted molar refractivity (Wildman–Crippen MR) is 59.9 cm³/mol.